The van der Waals surface area contributed by atoms with Gasteiger partial charge in [0.2, 0.25) is 5.95 Å². The number of halogens is 1. The van der Waals surface area contributed by atoms with E-state index in [-0.39, 0.29) is 17.5 Å². The Morgan fingerprint density at radius 1 is 1.12 bits per heavy atom. The summed E-state index contributed by atoms with van der Waals surface area (Å²) in [5.41, 5.74) is 3.81. The van der Waals surface area contributed by atoms with Crippen LogP contribution in [0, 0.1) is 5.82 Å². The maximum Gasteiger partial charge on any atom is 0.330 e. The molecule has 4 aromatic rings. The number of benzene rings is 1. The SMILES string of the molecule is C=C1CCC(n2c(=O)n(C)c3c(N4CCCC4)nc(-n4cnc5ccc(F)cc54)nc32)CC1. The molecule has 6 rings (SSSR count). The number of allylic oxidation sites excluding steroid dienone is 1. The zero-order chi connectivity index (χ0) is 22.7. The van der Waals surface area contributed by atoms with E-state index < -0.39 is 0 Å². The summed E-state index contributed by atoms with van der Waals surface area (Å²) >= 11 is 0. The average molecular weight is 448 g/mol. The standard InChI is InChI=1S/C24H26FN7O/c1-15-5-8-17(9-6-15)32-22-20(29(2)24(32)33)21(30-11-3-4-12-30)27-23(28-22)31-14-26-18-10-7-16(25)13-19(18)31/h7,10,13-14,17H,1,3-6,8-9,11-12H2,2H3. The van der Waals surface area contributed by atoms with Crippen molar-refractivity contribution >= 4 is 28.0 Å². The first-order chi connectivity index (χ1) is 16.0. The van der Waals surface area contributed by atoms with E-state index in [1.165, 1.54) is 17.7 Å². The summed E-state index contributed by atoms with van der Waals surface area (Å²) in [7, 11) is 1.80. The zero-order valence-corrected chi connectivity index (χ0v) is 18.7. The maximum absolute atomic E-state index is 14.0. The molecule has 4 heterocycles. The van der Waals surface area contributed by atoms with Crippen LogP contribution < -0.4 is 10.6 Å². The first-order valence-corrected chi connectivity index (χ1v) is 11.5. The van der Waals surface area contributed by atoms with Gasteiger partial charge in [0.05, 0.1) is 11.0 Å². The lowest BCUT2D eigenvalue weighted by atomic mass is 9.92. The normalized spacial score (nSPS) is 17.6. The van der Waals surface area contributed by atoms with Crippen molar-refractivity contribution in [2.45, 2.75) is 44.6 Å². The fraction of sp³-hybridized carbons (Fsp3) is 0.417. The molecule has 0 spiro atoms. The smallest absolute Gasteiger partial charge is 0.330 e. The van der Waals surface area contributed by atoms with Gasteiger partial charge in [0.1, 0.15) is 17.7 Å². The van der Waals surface area contributed by atoms with E-state index in [4.69, 9.17) is 9.97 Å². The third kappa shape index (κ3) is 3.17. The molecule has 0 bridgehead atoms. The van der Waals surface area contributed by atoms with Crippen LogP contribution in [0.5, 0.6) is 0 Å². The average Bonchev–Trinajstić information content (AvgIpc) is 3.54. The lowest BCUT2D eigenvalue weighted by molar-refractivity contribution is 0.394. The molecule has 2 fully saturated rings. The largest absolute Gasteiger partial charge is 0.355 e. The minimum absolute atomic E-state index is 0.0675. The molecule has 0 N–H and O–H groups in total. The van der Waals surface area contributed by atoms with Crippen LogP contribution in [0.2, 0.25) is 0 Å². The second kappa shape index (κ2) is 7.54. The topological polar surface area (TPSA) is 73.8 Å². The molecule has 1 aromatic carbocycles. The van der Waals surface area contributed by atoms with Crippen LogP contribution in [0.1, 0.15) is 44.6 Å². The number of aryl methyl sites for hydroxylation is 1. The molecular weight excluding hydrogens is 421 g/mol. The van der Waals surface area contributed by atoms with E-state index in [1.54, 1.807) is 28.6 Å². The second-order valence-corrected chi connectivity index (χ2v) is 9.15. The van der Waals surface area contributed by atoms with Gasteiger partial charge < -0.3 is 4.90 Å². The number of imidazole rings is 2. The van der Waals surface area contributed by atoms with Crippen molar-refractivity contribution < 1.29 is 4.39 Å². The molecule has 1 saturated carbocycles. The lowest BCUT2D eigenvalue weighted by Gasteiger charge is -2.24. The van der Waals surface area contributed by atoms with Crippen LogP contribution in [0.3, 0.4) is 0 Å². The highest BCUT2D eigenvalue weighted by atomic mass is 19.1. The van der Waals surface area contributed by atoms with Crippen molar-refractivity contribution in [1.29, 1.82) is 0 Å². The molecule has 9 heteroatoms. The Kier molecular flexibility index (Phi) is 4.60. The quantitative estimate of drug-likeness (QED) is 0.446. The first kappa shape index (κ1) is 20.1. The molecule has 8 nitrogen and oxygen atoms in total. The second-order valence-electron chi connectivity index (χ2n) is 9.15. The van der Waals surface area contributed by atoms with Gasteiger partial charge >= 0.3 is 5.69 Å². The Morgan fingerprint density at radius 2 is 1.88 bits per heavy atom. The van der Waals surface area contributed by atoms with Crippen molar-refractivity contribution in [2.75, 3.05) is 18.0 Å². The van der Waals surface area contributed by atoms with Gasteiger partial charge in [-0.15, -0.1) is 0 Å². The number of nitrogens with zero attached hydrogens (tertiary/aromatic N) is 7. The van der Waals surface area contributed by atoms with Crippen molar-refractivity contribution in [2.24, 2.45) is 7.05 Å². The Hall–Kier alpha value is -3.49. The molecule has 0 atom stereocenters. The molecule has 2 aliphatic rings. The van der Waals surface area contributed by atoms with Crippen molar-refractivity contribution in [3.8, 4) is 5.95 Å². The van der Waals surface area contributed by atoms with E-state index in [9.17, 15) is 9.18 Å². The summed E-state index contributed by atoms with van der Waals surface area (Å²) in [6.07, 6.45) is 7.35. The molecule has 3 aromatic heterocycles. The van der Waals surface area contributed by atoms with Crippen LogP contribution >= 0.6 is 0 Å². The van der Waals surface area contributed by atoms with Gasteiger partial charge in [-0.05, 0) is 50.7 Å². The molecule has 170 valence electrons. The fourth-order valence-corrected chi connectivity index (χ4v) is 5.23. The zero-order valence-electron chi connectivity index (χ0n) is 18.7. The summed E-state index contributed by atoms with van der Waals surface area (Å²) in [5, 5.41) is 0. The van der Waals surface area contributed by atoms with Gasteiger partial charge in [-0.2, -0.15) is 9.97 Å². The highest BCUT2D eigenvalue weighted by Gasteiger charge is 2.28. The molecule has 1 aliphatic carbocycles. The van der Waals surface area contributed by atoms with Crippen molar-refractivity contribution in [3.63, 3.8) is 0 Å². The first-order valence-electron chi connectivity index (χ1n) is 11.5. The fourth-order valence-electron chi connectivity index (χ4n) is 5.23. The van der Waals surface area contributed by atoms with Crippen LogP contribution in [0.4, 0.5) is 10.2 Å². The van der Waals surface area contributed by atoms with Crippen molar-refractivity contribution in [1.82, 2.24) is 28.7 Å². The Balaban J connectivity index is 1.62. The number of hydrogen-bond donors (Lipinski definition) is 0. The third-order valence-electron chi connectivity index (χ3n) is 7.05. The Morgan fingerprint density at radius 3 is 2.64 bits per heavy atom. The number of anilines is 1. The van der Waals surface area contributed by atoms with E-state index in [2.05, 4.69) is 16.5 Å². The predicted molar refractivity (Wildman–Crippen MR) is 125 cm³/mol. The lowest BCUT2D eigenvalue weighted by Crippen LogP contribution is -2.27. The number of rotatable bonds is 3. The van der Waals surface area contributed by atoms with Gasteiger partial charge in [-0.1, -0.05) is 12.2 Å². The maximum atomic E-state index is 14.0. The van der Waals surface area contributed by atoms with Crippen LogP contribution in [0.15, 0.2) is 41.5 Å². The van der Waals surface area contributed by atoms with E-state index >= 15 is 0 Å². The summed E-state index contributed by atoms with van der Waals surface area (Å²) in [4.78, 5) is 29.9. The van der Waals surface area contributed by atoms with E-state index in [1.807, 2.05) is 4.57 Å². The van der Waals surface area contributed by atoms with Crippen LogP contribution in [0.25, 0.3) is 28.1 Å². The summed E-state index contributed by atoms with van der Waals surface area (Å²) < 4.78 is 19.3. The van der Waals surface area contributed by atoms with Gasteiger partial charge in [0.25, 0.3) is 0 Å². The third-order valence-corrected chi connectivity index (χ3v) is 7.05. The summed E-state index contributed by atoms with van der Waals surface area (Å²) in [5.74, 6) is 0.811. The molecule has 1 saturated heterocycles. The van der Waals surface area contributed by atoms with Gasteiger partial charge in [0.15, 0.2) is 11.5 Å². The van der Waals surface area contributed by atoms with Gasteiger partial charge in [-0.3, -0.25) is 13.7 Å². The molecule has 33 heavy (non-hydrogen) atoms. The predicted octanol–water partition coefficient (Wildman–Crippen LogP) is 3.88. The van der Waals surface area contributed by atoms with Gasteiger partial charge in [0, 0.05) is 32.2 Å². The molecule has 0 unspecified atom stereocenters. The highest BCUT2D eigenvalue weighted by Crippen LogP contribution is 2.34. The summed E-state index contributed by atoms with van der Waals surface area (Å²) in [6, 6.07) is 4.55. The number of hydrogen-bond acceptors (Lipinski definition) is 5. The molecule has 0 radical (unpaired) electrons. The monoisotopic (exact) mass is 447 g/mol. The van der Waals surface area contributed by atoms with Gasteiger partial charge in [-0.25, -0.2) is 14.2 Å². The minimum atomic E-state index is -0.343. The summed E-state index contributed by atoms with van der Waals surface area (Å²) in [6.45, 7) is 5.88. The molecular formula is C24H26FN7O. The Bertz CT molecular complexity index is 1450. The van der Waals surface area contributed by atoms with Crippen LogP contribution in [-0.2, 0) is 7.05 Å². The van der Waals surface area contributed by atoms with Crippen LogP contribution in [-0.4, -0.2) is 41.7 Å². The van der Waals surface area contributed by atoms with Crippen molar-refractivity contribution in [3.05, 3.63) is 53.0 Å². The highest BCUT2D eigenvalue weighted by molar-refractivity contribution is 5.86. The number of aromatic nitrogens is 6. The number of fused-ring (bicyclic) bond motifs is 2. The Labute approximate surface area is 190 Å². The molecule has 0 amide bonds. The van der Waals surface area contributed by atoms with E-state index in [0.717, 1.165) is 62.9 Å². The molecule has 1 aliphatic heterocycles. The minimum Gasteiger partial charge on any atom is -0.355 e. The van der Waals surface area contributed by atoms with E-state index in [0.29, 0.717) is 22.6 Å².